The number of carbonyl (C=O) groups excluding carboxylic acids is 1. The Morgan fingerprint density at radius 2 is 1.64 bits per heavy atom. The molecule has 5 nitrogen and oxygen atoms in total. The highest BCUT2D eigenvalue weighted by Gasteiger charge is 2.49. The highest BCUT2D eigenvalue weighted by molar-refractivity contribution is 5.79. The third-order valence-electron chi connectivity index (χ3n) is 8.15. The average molecular weight is 483 g/mol. The summed E-state index contributed by atoms with van der Waals surface area (Å²) in [5.74, 6) is -0.597. The van der Waals surface area contributed by atoms with E-state index in [2.05, 4.69) is 24.3 Å². The van der Waals surface area contributed by atoms with Crippen molar-refractivity contribution in [3.8, 4) is 17.2 Å². The molecule has 2 saturated heterocycles. The Morgan fingerprint density at radius 1 is 1.03 bits per heavy atom. The third-order valence-corrected chi connectivity index (χ3v) is 8.15. The summed E-state index contributed by atoms with van der Waals surface area (Å²) in [7, 11) is 0. The lowest BCUT2D eigenvalue weighted by Crippen LogP contribution is -2.59. The molecule has 3 aliphatic rings. The summed E-state index contributed by atoms with van der Waals surface area (Å²) in [5.41, 5.74) is 3.72. The number of fused-ring (bicyclic) bond motifs is 5. The number of nitriles is 1. The SMILES string of the molecule is N#Cc1ccc(C2(O)CC3CCCC(C2)N3C(=O)OCC2c3ccccc3-c3ccccc32)c(F)c1. The van der Waals surface area contributed by atoms with Crippen LogP contribution in [0.15, 0.2) is 66.7 Å². The highest BCUT2D eigenvalue weighted by Crippen LogP contribution is 2.47. The van der Waals surface area contributed by atoms with Gasteiger partial charge in [-0.2, -0.15) is 5.26 Å². The Morgan fingerprint density at radius 3 is 2.22 bits per heavy atom. The molecule has 1 amide bonds. The summed E-state index contributed by atoms with van der Waals surface area (Å²) in [6, 6.07) is 22.1. The van der Waals surface area contributed by atoms with Crippen LogP contribution in [0.25, 0.3) is 11.1 Å². The minimum absolute atomic E-state index is 0.0179. The Labute approximate surface area is 209 Å². The maximum absolute atomic E-state index is 14.8. The van der Waals surface area contributed by atoms with Gasteiger partial charge in [-0.25, -0.2) is 9.18 Å². The molecule has 6 heteroatoms. The zero-order valence-electron chi connectivity index (χ0n) is 19.9. The summed E-state index contributed by atoms with van der Waals surface area (Å²) in [6.07, 6.45) is 2.55. The van der Waals surface area contributed by atoms with Crippen molar-refractivity contribution in [2.24, 2.45) is 0 Å². The number of rotatable bonds is 3. The molecular formula is C30H27FN2O3. The van der Waals surface area contributed by atoms with Crippen LogP contribution in [0, 0.1) is 17.1 Å². The van der Waals surface area contributed by atoms with Crippen LogP contribution in [-0.2, 0) is 10.3 Å². The molecule has 3 aromatic carbocycles. The van der Waals surface area contributed by atoms with Crippen LogP contribution in [0.3, 0.4) is 0 Å². The van der Waals surface area contributed by atoms with E-state index in [0.717, 1.165) is 30.4 Å². The van der Waals surface area contributed by atoms with Gasteiger partial charge in [0, 0.05) is 36.4 Å². The number of halogens is 1. The third kappa shape index (κ3) is 3.66. The first kappa shape index (κ1) is 22.8. The normalized spacial score (nSPS) is 24.5. The Balaban J connectivity index is 1.21. The smallest absolute Gasteiger partial charge is 0.410 e. The molecule has 2 fully saturated rings. The van der Waals surface area contributed by atoms with Gasteiger partial charge in [-0.15, -0.1) is 0 Å². The second kappa shape index (κ2) is 8.76. The standard InChI is InChI=1S/C30H27FN2O3/c31-28-14-19(17-32)12-13-27(28)30(35)15-20-6-5-7-21(16-30)33(20)29(34)36-18-26-24-10-3-1-8-22(24)23-9-2-4-11-25(23)26/h1-4,8-14,20-21,26,35H,5-7,15-16,18H2. The number of ether oxygens (including phenoxy) is 1. The van der Waals surface area contributed by atoms with Crippen molar-refractivity contribution in [3.63, 3.8) is 0 Å². The van der Waals surface area contributed by atoms with Gasteiger partial charge in [-0.1, -0.05) is 54.6 Å². The Hall–Kier alpha value is -3.69. The van der Waals surface area contributed by atoms with E-state index in [-0.39, 0.29) is 54.7 Å². The van der Waals surface area contributed by atoms with Gasteiger partial charge in [0.25, 0.3) is 0 Å². The molecule has 6 rings (SSSR count). The van der Waals surface area contributed by atoms with Crippen molar-refractivity contribution >= 4 is 6.09 Å². The highest BCUT2D eigenvalue weighted by atomic mass is 19.1. The number of hydrogen-bond acceptors (Lipinski definition) is 4. The molecule has 2 unspecified atom stereocenters. The molecule has 1 N–H and O–H groups in total. The van der Waals surface area contributed by atoms with Crippen LogP contribution < -0.4 is 0 Å². The van der Waals surface area contributed by atoms with Crippen molar-refractivity contribution in [1.82, 2.24) is 4.90 Å². The number of piperidine rings is 2. The number of benzene rings is 3. The van der Waals surface area contributed by atoms with E-state index in [1.54, 1.807) is 4.90 Å². The second-order valence-corrected chi connectivity index (χ2v) is 10.2. The number of amides is 1. The summed E-state index contributed by atoms with van der Waals surface area (Å²) >= 11 is 0. The quantitative estimate of drug-likeness (QED) is 0.508. The number of nitrogens with zero attached hydrogens (tertiary/aromatic N) is 2. The van der Waals surface area contributed by atoms with Gasteiger partial charge in [0.2, 0.25) is 0 Å². The first-order valence-corrected chi connectivity index (χ1v) is 12.5. The predicted molar refractivity (Wildman–Crippen MR) is 133 cm³/mol. The molecular weight excluding hydrogens is 455 g/mol. The monoisotopic (exact) mass is 482 g/mol. The van der Waals surface area contributed by atoms with E-state index in [0.29, 0.717) is 0 Å². The van der Waals surface area contributed by atoms with Crippen LogP contribution in [0.5, 0.6) is 0 Å². The maximum atomic E-state index is 14.8. The molecule has 3 aromatic rings. The largest absolute Gasteiger partial charge is 0.448 e. The lowest BCUT2D eigenvalue weighted by molar-refractivity contribution is -0.0906. The molecule has 0 saturated carbocycles. The summed E-state index contributed by atoms with van der Waals surface area (Å²) in [5, 5.41) is 20.6. The van der Waals surface area contributed by atoms with E-state index in [1.807, 2.05) is 30.3 Å². The van der Waals surface area contributed by atoms with Crippen LogP contribution in [0.2, 0.25) is 0 Å². The molecule has 2 atom stereocenters. The van der Waals surface area contributed by atoms with Crippen molar-refractivity contribution in [2.75, 3.05) is 6.61 Å². The maximum Gasteiger partial charge on any atom is 0.410 e. The van der Waals surface area contributed by atoms with Gasteiger partial charge in [0.15, 0.2) is 0 Å². The fourth-order valence-electron chi connectivity index (χ4n) is 6.58. The molecule has 2 heterocycles. The molecule has 2 bridgehead atoms. The summed E-state index contributed by atoms with van der Waals surface area (Å²) in [4.78, 5) is 15.2. The van der Waals surface area contributed by atoms with E-state index in [1.165, 1.54) is 29.3 Å². The topological polar surface area (TPSA) is 73.6 Å². The van der Waals surface area contributed by atoms with Gasteiger partial charge in [-0.05, 0) is 53.6 Å². The molecule has 1 aliphatic carbocycles. The number of carbonyl (C=O) groups is 1. The van der Waals surface area contributed by atoms with E-state index in [9.17, 15) is 14.3 Å². The summed E-state index contributed by atoms with van der Waals surface area (Å²) < 4.78 is 20.8. The molecule has 0 radical (unpaired) electrons. The van der Waals surface area contributed by atoms with Crippen molar-refractivity contribution in [1.29, 1.82) is 5.26 Å². The molecule has 2 aliphatic heterocycles. The molecule has 182 valence electrons. The van der Waals surface area contributed by atoms with Gasteiger partial charge in [0.05, 0.1) is 17.2 Å². The number of aliphatic hydroxyl groups is 1. The van der Waals surface area contributed by atoms with E-state index < -0.39 is 11.4 Å². The van der Waals surface area contributed by atoms with Crippen LogP contribution in [0.4, 0.5) is 9.18 Å². The van der Waals surface area contributed by atoms with Gasteiger partial charge in [-0.3, -0.25) is 0 Å². The van der Waals surface area contributed by atoms with Crippen LogP contribution in [0.1, 0.15) is 60.3 Å². The fraction of sp³-hybridized carbons (Fsp3) is 0.333. The first-order valence-electron chi connectivity index (χ1n) is 12.5. The summed E-state index contributed by atoms with van der Waals surface area (Å²) in [6.45, 7) is 0.247. The van der Waals surface area contributed by atoms with Crippen molar-refractivity contribution in [2.45, 2.75) is 55.7 Å². The zero-order valence-corrected chi connectivity index (χ0v) is 19.9. The Bertz CT molecular complexity index is 1320. The molecule has 0 aromatic heterocycles. The first-order chi connectivity index (χ1) is 17.5. The second-order valence-electron chi connectivity index (χ2n) is 10.2. The van der Waals surface area contributed by atoms with E-state index in [4.69, 9.17) is 10.00 Å². The van der Waals surface area contributed by atoms with Crippen LogP contribution >= 0.6 is 0 Å². The average Bonchev–Trinajstić information content (AvgIpc) is 3.20. The lowest BCUT2D eigenvalue weighted by Gasteiger charge is -2.51. The minimum atomic E-state index is -1.38. The van der Waals surface area contributed by atoms with Crippen molar-refractivity contribution < 1.29 is 19.0 Å². The van der Waals surface area contributed by atoms with Crippen molar-refractivity contribution in [3.05, 3.63) is 94.8 Å². The van der Waals surface area contributed by atoms with Gasteiger partial charge >= 0.3 is 6.09 Å². The molecule has 36 heavy (non-hydrogen) atoms. The Kier molecular flexibility index (Phi) is 5.54. The minimum Gasteiger partial charge on any atom is -0.448 e. The predicted octanol–water partition coefficient (Wildman–Crippen LogP) is 5.85. The fourth-order valence-corrected chi connectivity index (χ4v) is 6.58. The number of hydrogen-bond donors (Lipinski definition) is 1. The lowest BCUT2D eigenvalue weighted by atomic mass is 9.72. The van der Waals surface area contributed by atoms with Crippen LogP contribution in [-0.4, -0.2) is 34.8 Å². The van der Waals surface area contributed by atoms with Gasteiger partial charge in [0.1, 0.15) is 12.4 Å². The zero-order chi connectivity index (χ0) is 24.9. The van der Waals surface area contributed by atoms with Gasteiger partial charge < -0.3 is 14.7 Å². The molecule has 0 spiro atoms. The van der Waals surface area contributed by atoms with E-state index >= 15 is 0 Å².